The summed E-state index contributed by atoms with van der Waals surface area (Å²) in [7, 11) is 1.49. The van der Waals surface area contributed by atoms with Gasteiger partial charge in [0.2, 0.25) is 5.88 Å². The molecule has 0 radical (unpaired) electrons. The largest absolute Gasteiger partial charge is 0.481 e. The third-order valence-corrected chi connectivity index (χ3v) is 1.13. The van der Waals surface area contributed by atoms with Crippen LogP contribution in [0.25, 0.3) is 0 Å². The third-order valence-electron chi connectivity index (χ3n) is 1.13. The van der Waals surface area contributed by atoms with Crippen LogP contribution in [0.2, 0.25) is 0 Å². The van der Waals surface area contributed by atoms with Crippen LogP contribution in [0.4, 0.5) is 4.39 Å². The van der Waals surface area contributed by atoms with E-state index in [-0.39, 0.29) is 12.6 Å². The van der Waals surface area contributed by atoms with Gasteiger partial charge in [0, 0.05) is 12.3 Å². The quantitative estimate of drug-likeness (QED) is 0.674. The van der Waals surface area contributed by atoms with E-state index in [0.29, 0.717) is 5.88 Å². The fourth-order valence-electron chi connectivity index (χ4n) is 0.638. The third kappa shape index (κ3) is 2.34. The van der Waals surface area contributed by atoms with Gasteiger partial charge in [0.1, 0.15) is 13.3 Å². The lowest BCUT2D eigenvalue weighted by molar-refractivity contribution is 0.250. The van der Waals surface area contributed by atoms with Crippen molar-refractivity contribution in [2.45, 2.75) is 0 Å². The lowest BCUT2D eigenvalue weighted by Crippen LogP contribution is -2.02. The average molecular weight is 172 g/mol. The number of rotatable bonds is 4. The van der Waals surface area contributed by atoms with Crippen LogP contribution in [0.5, 0.6) is 11.9 Å². The Bertz CT molecular complexity index is 245. The molecular weight excluding hydrogens is 163 g/mol. The first-order valence-corrected chi connectivity index (χ1v) is 3.42. The second-order valence-electron chi connectivity index (χ2n) is 1.92. The monoisotopic (exact) mass is 172 g/mol. The molecule has 0 N–H and O–H groups in total. The summed E-state index contributed by atoms with van der Waals surface area (Å²) in [4.78, 5) is 7.55. The Morgan fingerprint density at radius 3 is 3.08 bits per heavy atom. The first-order chi connectivity index (χ1) is 5.86. The molecule has 1 rings (SSSR count). The molecule has 0 amide bonds. The van der Waals surface area contributed by atoms with E-state index in [9.17, 15) is 4.39 Å². The number of hydrogen-bond donors (Lipinski definition) is 0. The number of methoxy groups -OCH3 is 1. The second-order valence-corrected chi connectivity index (χ2v) is 1.92. The Morgan fingerprint density at radius 1 is 1.58 bits per heavy atom. The van der Waals surface area contributed by atoms with Crippen LogP contribution in [0.3, 0.4) is 0 Å². The topological polar surface area (TPSA) is 44.2 Å². The summed E-state index contributed by atoms with van der Waals surface area (Å²) in [5.41, 5.74) is 0. The number of ether oxygens (including phenoxy) is 2. The van der Waals surface area contributed by atoms with Crippen LogP contribution < -0.4 is 9.47 Å². The Kier molecular flexibility index (Phi) is 3.25. The minimum atomic E-state index is -0.555. The van der Waals surface area contributed by atoms with Crippen molar-refractivity contribution in [3.05, 3.63) is 12.3 Å². The predicted molar refractivity (Wildman–Crippen MR) is 40.1 cm³/mol. The van der Waals surface area contributed by atoms with E-state index in [2.05, 4.69) is 9.97 Å². The fourth-order valence-corrected chi connectivity index (χ4v) is 0.638. The van der Waals surface area contributed by atoms with Gasteiger partial charge in [0.15, 0.2) is 0 Å². The minimum Gasteiger partial charge on any atom is -0.481 e. The molecule has 0 fully saturated rings. The van der Waals surface area contributed by atoms with Crippen molar-refractivity contribution in [3.8, 4) is 11.9 Å². The van der Waals surface area contributed by atoms with Crippen molar-refractivity contribution in [1.82, 2.24) is 9.97 Å². The fraction of sp³-hybridized carbons (Fsp3) is 0.429. The zero-order valence-corrected chi connectivity index (χ0v) is 6.66. The summed E-state index contributed by atoms with van der Waals surface area (Å²) in [5, 5.41) is 0. The van der Waals surface area contributed by atoms with Crippen LogP contribution in [-0.2, 0) is 0 Å². The summed E-state index contributed by atoms with van der Waals surface area (Å²) < 4.78 is 21.3. The maximum Gasteiger partial charge on any atom is 0.319 e. The van der Waals surface area contributed by atoms with Crippen molar-refractivity contribution in [3.63, 3.8) is 0 Å². The lowest BCUT2D eigenvalue weighted by atomic mass is 10.6. The number of hydrogen-bond acceptors (Lipinski definition) is 4. The molecule has 0 aliphatic rings. The smallest absolute Gasteiger partial charge is 0.319 e. The van der Waals surface area contributed by atoms with E-state index in [1.165, 1.54) is 13.3 Å². The van der Waals surface area contributed by atoms with Gasteiger partial charge in [-0.05, 0) is 0 Å². The van der Waals surface area contributed by atoms with Crippen LogP contribution in [0.15, 0.2) is 12.3 Å². The molecule has 1 heterocycles. The highest BCUT2D eigenvalue weighted by molar-refractivity contribution is 5.10. The van der Waals surface area contributed by atoms with Crippen molar-refractivity contribution >= 4 is 0 Å². The van der Waals surface area contributed by atoms with Crippen molar-refractivity contribution < 1.29 is 13.9 Å². The number of aromatic nitrogens is 2. The molecule has 0 bridgehead atoms. The average Bonchev–Trinajstić information content (AvgIpc) is 2.15. The highest BCUT2D eigenvalue weighted by Crippen LogP contribution is 2.08. The van der Waals surface area contributed by atoms with Gasteiger partial charge in [-0.3, -0.25) is 0 Å². The predicted octanol–water partition coefficient (Wildman–Crippen LogP) is 0.833. The van der Waals surface area contributed by atoms with Gasteiger partial charge in [-0.25, -0.2) is 9.37 Å². The molecule has 5 heteroatoms. The van der Waals surface area contributed by atoms with Gasteiger partial charge in [-0.1, -0.05) is 0 Å². The van der Waals surface area contributed by atoms with Gasteiger partial charge < -0.3 is 9.47 Å². The SMILES string of the molecule is COc1ccnc(OCCF)n1. The molecule has 1 aromatic heterocycles. The maximum absolute atomic E-state index is 11.6. The summed E-state index contributed by atoms with van der Waals surface area (Å²) in [6.07, 6.45) is 1.49. The van der Waals surface area contributed by atoms with Gasteiger partial charge in [0.25, 0.3) is 0 Å². The van der Waals surface area contributed by atoms with Gasteiger partial charge in [0.05, 0.1) is 7.11 Å². The van der Waals surface area contributed by atoms with Crippen LogP contribution in [0, 0.1) is 0 Å². The first kappa shape index (κ1) is 8.70. The molecule has 0 unspecified atom stereocenters. The van der Waals surface area contributed by atoms with E-state index in [4.69, 9.17) is 9.47 Å². The molecule has 0 atom stereocenters. The zero-order valence-electron chi connectivity index (χ0n) is 6.66. The Balaban J connectivity index is 2.60. The van der Waals surface area contributed by atoms with Crippen LogP contribution in [0.1, 0.15) is 0 Å². The Labute approximate surface area is 69.4 Å². The molecule has 0 aliphatic heterocycles. The molecule has 12 heavy (non-hydrogen) atoms. The molecule has 0 aliphatic carbocycles. The van der Waals surface area contributed by atoms with Crippen molar-refractivity contribution in [2.24, 2.45) is 0 Å². The minimum absolute atomic E-state index is 0.0346. The Morgan fingerprint density at radius 2 is 2.42 bits per heavy atom. The number of halogens is 1. The van der Waals surface area contributed by atoms with Gasteiger partial charge in [-0.15, -0.1) is 0 Å². The van der Waals surface area contributed by atoms with Gasteiger partial charge >= 0.3 is 6.01 Å². The summed E-state index contributed by atoms with van der Waals surface area (Å²) in [6.45, 7) is -0.590. The first-order valence-electron chi connectivity index (χ1n) is 3.42. The van der Waals surface area contributed by atoms with Crippen molar-refractivity contribution in [2.75, 3.05) is 20.4 Å². The molecular formula is C7H9FN2O2. The molecule has 0 aromatic carbocycles. The molecule has 66 valence electrons. The second kappa shape index (κ2) is 4.48. The standard InChI is InChI=1S/C7H9FN2O2/c1-11-6-2-4-9-7(10-6)12-5-3-8/h2,4H,3,5H2,1H3. The van der Waals surface area contributed by atoms with Crippen molar-refractivity contribution in [1.29, 1.82) is 0 Å². The van der Waals surface area contributed by atoms with Crippen LogP contribution in [-0.4, -0.2) is 30.4 Å². The van der Waals surface area contributed by atoms with Crippen LogP contribution >= 0.6 is 0 Å². The number of nitrogens with zero attached hydrogens (tertiary/aromatic N) is 2. The summed E-state index contributed by atoms with van der Waals surface area (Å²) in [6, 6.07) is 1.72. The highest BCUT2D eigenvalue weighted by atomic mass is 19.1. The maximum atomic E-state index is 11.6. The highest BCUT2D eigenvalue weighted by Gasteiger charge is 1.98. The molecule has 0 spiro atoms. The molecule has 4 nitrogen and oxygen atoms in total. The van der Waals surface area contributed by atoms with E-state index in [1.807, 2.05) is 0 Å². The van der Waals surface area contributed by atoms with Gasteiger partial charge in [-0.2, -0.15) is 4.98 Å². The van der Waals surface area contributed by atoms with E-state index >= 15 is 0 Å². The molecule has 0 saturated carbocycles. The van der Waals surface area contributed by atoms with E-state index < -0.39 is 6.67 Å². The zero-order chi connectivity index (χ0) is 8.81. The number of alkyl halides is 1. The van der Waals surface area contributed by atoms with E-state index in [0.717, 1.165) is 0 Å². The summed E-state index contributed by atoms with van der Waals surface area (Å²) in [5.74, 6) is 0.402. The summed E-state index contributed by atoms with van der Waals surface area (Å²) >= 11 is 0. The van der Waals surface area contributed by atoms with E-state index in [1.54, 1.807) is 6.07 Å². The molecule has 1 aromatic rings. The molecule has 0 saturated heterocycles. The Hall–Kier alpha value is -1.39. The lowest BCUT2D eigenvalue weighted by Gasteiger charge is -2.01. The normalized spacial score (nSPS) is 9.50.